The number of aliphatic carboxylic acids is 1. The summed E-state index contributed by atoms with van der Waals surface area (Å²) >= 11 is 0. The second-order valence-corrected chi connectivity index (χ2v) is 4.54. The molecule has 0 saturated heterocycles. The van der Waals surface area contributed by atoms with Crippen molar-refractivity contribution in [3.63, 3.8) is 0 Å². The van der Waals surface area contributed by atoms with Crippen LogP contribution in [0.5, 0.6) is 0 Å². The Labute approximate surface area is 126 Å². The van der Waals surface area contributed by atoms with Crippen molar-refractivity contribution in [2.24, 2.45) is 11.5 Å². The lowest BCUT2D eigenvalue weighted by Gasteiger charge is -2.13. The number of rotatable bonds is 7. The maximum Gasteiger partial charge on any atom is 0.377 e. The van der Waals surface area contributed by atoms with Gasteiger partial charge < -0.3 is 41.7 Å². The third kappa shape index (κ3) is 6.26. The summed E-state index contributed by atoms with van der Waals surface area (Å²) in [6.07, 6.45) is -0.613. The van der Waals surface area contributed by atoms with Gasteiger partial charge in [0.15, 0.2) is 11.9 Å². The van der Waals surface area contributed by atoms with Gasteiger partial charge >= 0.3 is 11.9 Å². The Morgan fingerprint density at radius 1 is 1.32 bits per heavy atom. The van der Waals surface area contributed by atoms with E-state index in [1.54, 1.807) is 0 Å². The Hall–Kier alpha value is -1.88. The number of unbranched alkanes of at least 4 members (excludes halogenated alkanes) is 1. The molecule has 0 saturated carbocycles. The number of hydrogen-bond acceptors (Lipinski definition) is 9. The van der Waals surface area contributed by atoms with Gasteiger partial charge in [0.2, 0.25) is 5.76 Å². The van der Waals surface area contributed by atoms with E-state index in [9.17, 15) is 9.59 Å². The standard InChI is InChI=1S/C6H14N2O2.C6H8O6/c7-4-2-1-3-5(8)6(9)10;7-1-2(8)5-3(9)4(10)6(11)12-5/h5H,1-4,7-8H2,(H,9,10);2,5,7-10H,1H2/t5-;2-,5+/m10/s1. The number of carboxylic acids is 1. The molecule has 1 rings (SSSR count). The minimum Gasteiger partial charge on any atom is -0.505 e. The minimum absolute atomic E-state index is 0.520. The third-order valence-corrected chi connectivity index (χ3v) is 2.76. The van der Waals surface area contributed by atoms with E-state index >= 15 is 0 Å². The van der Waals surface area contributed by atoms with Crippen molar-refractivity contribution < 1.29 is 39.9 Å². The Kier molecular flexibility index (Phi) is 9.10. The summed E-state index contributed by atoms with van der Waals surface area (Å²) in [5.41, 5.74) is 10.4. The van der Waals surface area contributed by atoms with Crippen LogP contribution in [-0.2, 0) is 14.3 Å². The molecule has 128 valence electrons. The Balaban J connectivity index is 0.000000409. The van der Waals surface area contributed by atoms with Gasteiger partial charge in [-0.3, -0.25) is 4.79 Å². The molecule has 1 aliphatic heterocycles. The number of nitrogens with two attached hydrogens (primary N) is 2. The summed E-state index contributed by atoms with van der Waals surface area (Å²) in [4.78, 5) is 20.7. The number of hydrogen-bond donors (Lipinski definition) is 7. The fraction of sp³-hybridized carbons (Fsp3) is 0.667. The molecule has 0 fully saturated rings. The van der Waals surface area contributed by atoms with Crippen molar-refractivity contribution in [2.75, 3.05) is 13.2 Å². The lowest BCUT2D eigenvalue weighted by molar-refractivity contribution is -0.147. The van der Waals surface area contributed by atoms with E-state index in [4.69, 9.17) is 37.0 Å². The molecular formula is C12H22N2O8. The third-order valence-electron chi connectivity index (χ3n) is 2.76. The first kappa shape index (κ1) is 20.1. The number of carboxylic acid groups (broad SMARTS) is 1. The van der Waals surface area contributed by atoms with E-state index in [1.165, 1.54) is 0 Å². The van der Waals surface area contributed by atoms with Crippen molar-refractivity contribution in [3.05, 3.63) is 11.5 Å². The molecule has 10 nitrogen and oxygen atoms in total. The fourth-order valence-corrected chi connectivity index (χ4v) is 1.45. The second kappa shape index (κ2) is 9.95. The molecule has 9 N–H and O–H groups in total. The van der Waals surface area contributed by atoms with E-state index < -0.39 is 48.3 Å². The number of carbonyl (C=O) groups is 2. The van der Waals surface area contributed by atoms with Gasteiger partial charge in [0.05, 0.1) is 6.61 Å². The number of aliphatic hydroxyl groups is 4. The first-order valence-electron chi connectivity index (χ1n) is 6.56. The SMILES string of the molecule is NCCCC[C@@H](N)C(=O)O.O=C1O[C@H]([C@@H](O)CO)C(O)=C1O. The smallest absolute Gasteiger partial charge is 0.377 e. The maximum absolute atomic E-state index is 10.5. The Morgan fingerprint density at radius 3 is 2.27 bits per heavy atom. The van der Waals surface area contributed by atoms with E-state index in [-0.39, 0.29) is 0 Å². The van der Waals surface area contributed by atoms with Crippen molar-refractivity contribution >= 4 is 11.9 Å². The number of ether oxygens (including phenoxy) is 1. The molecule has 10 heteroatoms. The number of aliphatic hydroxyl groups excluding tert-OH is 4. The molecule has 1 aliphatic rings. The molecule has 1 heterocycles. The van der Waals surface area contributed by atoms with Crippen molar-refractivity contribution in [1.82, 2.24) is 0 Å². The lowest BCUT2D eigenvalue weighted by atomic mass is 10.1. The summed E-state index contributed by atoms with van der Waals surface area (Å²) in [6, 6.07) is -0.716. The topological polar surface area (TPSA) is 197 Å². The Bertz CT molecular complexity index is 412. The first-order chi connectivity index (χ1) is 10.3. The molecule has 0 aromatic heterocycles. The number of esters is 1. The monoisotopic (exact) mass is 322 g/mol. The van der Waals surface area contributed by atoms with Crippen LogP contribution in [0.25, 0.3) is 0 Å². The van der Waals surface area contributed by atoms with Gasteiger partial charge in [-0.1, -0.05) is 6.42 Å². The summed E-state index contributed by atoms with van der Waals surface area (Å²) in [5.74, 6) is -3.71. The van der Waals surface area contributed by atoms with Crippen LogP contribution >= 0.6 is 0 Å². The molecule has 0 aromatic carbocycles. The molecule has 0 bridgehead atoms. The molecular weight excluding hydrogens is 300 g/mol. The molecule has 0 aliphatic carbocycles. The molecule has 0 amide bonds. The molecule has 22 heavy (non-hydrogen) atoms. The average Bonchev–Trinajstić information content (AvgIpc) is 2.74. The normalized spacial score (nSPS) is 20.0. The van der Waals surface area contributed by atoms with Crippen LogP contribution in [0.15, 0.2) is 11.5 Å². The molecule has 0 radical (unpaired) electrons. The summed E-state index contributed by atoms with van der Waals surface area (Å²) in [7, 11) is 0. The van der Waals surface area contributed by atoms with Crippen molar-refractivity contribution in [2.45, 2.75) is 37.5 Å². The Morgan fingerprint density at radius 2 is 1.91 bits per heavy atom. The highest BCUT2D eigenvalue weighted by molar-refractivity contribution is 5.89. The van der Waals surface area contributed by atoms with Crippen LogP contribution in [0, 0.1) is 0 Å². The van der Waals surface area contributed by atoms with Crippen LogP contribution in [0.3, 0.4) is 0 Å². The van der Waals surface area contributed by atoms with Gasteiger partial charge in [-0.05, 0) is 19.4 Å². The van der Waals surface area contributed by atoms with E-state index in [0.717, 1.165) is 12.8 Å². The zero-order chi connectivity index (χ0) is 17.3. The highest BCUT2D eigenvalue weighted by Gasteiger charge is 2.38. The molecule has 0 aromatic rings. The zero-order valence-corrected chi connectivity index (χ0v) is 11.9. The summed E-state index contributed by atoms with van der Waals surface area (Å²) in [5, 5.41) is 43.4. The van der Waals surface area contributed by atoms with Gasteiger partial charge in [0, 0.05) is 0 Å². The van der Waals surface area contributed by atoms with Crippen LogP contribution < -0.4 is 11.5 Å². The fourth-order valence-electron chi connectivity index (χ4n) is 1.45. The predicted molar refractivity (Wildman–Crippen MR) is 73.8 cm³/mol. The quantitative estimate of drug-likeness (QED) is 0.206. The van der Waals surface area contributed by atoms with Gasteiger partial charge in [0.1, 0.15) is 12.1 Å². The lowest BCUT2D eigenvalue weighted by Crippen LogP contribution is -2.31. The summed E-state index contributed by atoms with van der Waals surface area (Å²) in [6.45, 7) is -0.0678. The first-order valence-corrected chi connectivity index (χ1v) is 6.56. The molecule has 3 atom stereocenters. The van der Waals surface area contributed by atoms with Gasteiger partial charge in [0.25, 0.3) is 0 Å². The van der Waals surface area contributed by atoms with Gasteiger partial charge in [-0.25, -0.2) is 4.79 Å². The minimum atomic E-state index is -1.42. The largest absolute Gasteiger partial charge is 0.505 e. The molecule has 0 spiro atoms. The van der Waals surface area contributed by atoms with Gasteiger partial charge in [-0.15, -0.1) is 0 Å². The average molecular weight is 322 g/mol. The van der Waals surface area contributed by atoms with Crippen LogP contribution in [0.1, 0.15) is 19.3 Å². The van der Waals surface area contributed by atoms with Crippen LogP contribution in [-0.4, -0.2) is 68.9 Å². The van der Waals surface area contributed by atoms with Crippen LogP contribution in [0.2, 0.25) is 0 Å². The van der Waals surface area contributed by atoms with Crippen molar-refractivity contribution in [3.8, 4) is 0 Å². The highest BCUT2D eigenvalue weighted by atomic mass is 16.6. The summed E-state index contributed by atoms with van der Waals surface area (Å²) < 4.78 is 4.32. The molecule has 0 unspecified atom stereocenters. The van der Waals surface area contributed by atoms with E-state index in [1.807, 2.05) is 0 Å². The second-order valence-electron chi connectivity index (χ2n) is 4.54. The van der Waals surface area contributed by atoms with E-state index in [0.29, 0.717) is 13.0 Å². The van der Waals surface area contributed by atoms with E-state index in [2.05, 4.69) is 4.74 Å². The zero-order valence-electron chi connectivity index (χ0n) is 11.9. The van der Waals surface area contributed by atoms with Gasteiger partial charge in [-0.2, -0.15) is 0 Å². The van der Waals surface area contributed by atoms with Crippen molar-refractivity contribution in [1.29, 1.82) is 0 Å². The number of carbonyl (C=O) groups excluding carboxylic acids is 1. The predicted octanol–water partition coefficient (Wildman–Crippen LogP) is -1.88. The maximum atomic E-state index is 10.5. The highest BCUT2D eigenvalue weighted by Crippen LogP contribution is 2.20. The van der Waals surface area contributed by atoms with Crippen LogP contribution in [0.4, 0.5) is 0 Å². The number of cyclic esters (lactones) is 1.